The van der Waals surface area contributed by atoms with Gasteiger partial charge in [0.15, 0.2) is 3.92 Å². The molecule has 4 heteroatoms. The summed E-state index contributed by atoms with van der Waals surface area (Å²) in [6, 6.07) is 7.70. The van der Waals surface area contributed by atoms with E-state index in [4.69, 9.17) is 5.26 Å². The van der Waals surface area contributed by atoms with Crippen LogP contribution in [0.5, 0.6) is 0 Å². The molecule has 2 aromatic rings. The average molecular weight is 239 g/mol. The van der Waals surface area contributed by atoms with E-state index in [0.717, 1.165) is 14.1 Å². The van der Waals surface area contributed by atoms with Crippen molar-refractivity contribution in [1.29, 1.82) is 5.26 Å². The maximum Gasteiger partial charge on any atom is 0.160 e. The first-order valence-corrected chi connectivity index (χ1v) is 4.87. The zero-order chi connectivity index (χ0) is 8.55. The van der Waals surface area contributed by atoms with Crippen molar-refractivity contribution < 1.29 is 0 Å². The fourth-order valence-corrected chi connectivity index (χ4v) is 2.43. The molecular weight excluding hydrogens is 236 g/mol. The standard InChI is InChI=1S/C8H3BrN2S/c9-8-11-7-5(4-10)2-1-3-6(7)12-8/h1-3H. The summed E-state index contributed by atoms with van der Waals surface area (Å²) in [6.07, 6.45) is 0. The third-order valence-electron chi connectivity index (χ3n) is 1.51. The number of para-hydroxylation sites is 1. The molecule has 2 nitrogen and oxygen atoms in total. The molecule has 0 spiro atoms. The number of aromatic nitrogens is 1. The van der Waals surface area contributed by atoms with E-state index < -0.39 is 0 Å². The molecule has 0 atom stereocenters. The molecule has 2 rings (SSSR count). The first-order chi connectivity index (χ1) is 5.81. The first kappa shape index (κ1) is 7.71. The van der Waals surface area contributed by atoms with Crippen molar-refractivity contribution in [1.82, 2.24) is 4.98 Å². The van der Waals surface area contributed by atoms with E-state index in [9.17, 15) is 0 Å². The number of nitriles is 1. The van der Waals surface area contributed by atoms with Crippen LogP contribution in [0.1, 0.15) is 5.56 Å². The van der Waals surface area contributed by atoms with Crippen LogP contribution in [0.3, 0.4) is 0 Å². The molecule has 58 valence electrons. The normalized spacial score (nSPS) is 10.0. The van der Waals surface area contributed by atoms with Gasteiger partial charge in [-0.1, -0.05) is 6.07 Å². The molecule has 0 unspecified atom stereocenters. The Balaban J connectivity index is 2.89. The zero-order valence-electron chi connectivity index (χ0n) is 5.91. The lowest BCUT2D eigenvalue weighted by atomic mass is 10.2. The predicted molar refractivity (Wildman–Crippen MR) is 52.0 cm³/mol. The predicted octanol–water partition coefficient (Wildman–Crippen LogP) is 2.93. The molecule has 0 saturated heterocycles. The van der Waals surface area contributed by atoms with Crippen LogP contribution in [0.4, 0.5) is 0 Å². The Labute approximate surface area is 81.6 Å². The summed E-state index contributed by atoms with van der Waals surface area (Å²) in [5.74, 6) is 0. The van der Waals surface area contributed by atoms with E-state index >= 15 is 0 Å². The van der Waals surface area contributed by atoms with Gasteiger partial charge in [-0.3, -0.25) is 0 Å². The number of fused-ring (bicyclic) bond motifs is 1. The smallest absolute Gasteiger partial charge is 0.160 e. The van der Waals surface area contributed by atoms with Crippen LogP contribution >= 0.6 is 27.3 Å². The van der Waals surface area contributed by atoms with Crippen LogP contribution in [-0.4, -0.2) is 4.98 Å². The van der Waals surface area contributed by atoms with Crippen molar-refractivity contribution in [3.63, 3.8) is 0 Å². The van der Waals surface area contributed by atoms with Crippen LogP contribution in [0.2, 0.25) is 0 Å². The molecule has 1 aromatic heterocycles. The second kappa shape index (κ2) is 2.85. The van der Waals surface area contributed by atoms with Gasteiger partial charge in [0.25, 0.3) is 0 Å². The largest absolute Gasteiger partial charge is 0.228 e. The van der Waals surface area contributed by atoms with E-state index in [1.807, 2.05) is 12.1 Å². The molecule has 0 saturated carbocycles. The molecule has 0 aliphatic heterocycles. The second-order valence-corrected chi connectivity index (χ2v) is 4.54. The highest BCUT2D eigenvalue weighted by Crippen LogP contribution is 2.27. The van der Waals surface area contributed by atoms with E-state index in [0.29, 0.717) is 5.56 Å². The highest BCUT2D eigenvalue weighted by atomic mass is 79.9. The van der Waals surface area contributed by atoms with Gasteiger partial charge in [-0.15, -0.1) is 11.3 Å². The second-order valence-electron chi connectivity index (χ2n) is 2.23. The monoisotopic (exact) mass is 238 g/mol. The van der Waals surface area contributed by atoms with Gasteiger partial charge in [-0.05, 0) is 28.1 Å². The molecule has 0 radical (unpaired) electrons. The summed E-state index contributed by atoms with van der Waals surface area (Å²) in [5.41, 5.74) is 1.42. The number of hydrogen-bond donors (Lipinski definition) is 0. The number of halogens is 1. The van der Waals surface area contributed by atoms with Crippen LogP contribution in [0.15, 0.2) is 22.1 Å². The lowest BCUT2D eigenvalue weighted by Crippen LogP contribution is -1.75. The maximum atomic E-state index is 8.74. The summed E-state index contributed by atoms with van der Waals surface area (Å²) in [7, 11) is 0. The molecular formula is C8H3BrN2S. The Bertz CT molecular complexity index is 469. The van der Waals surface area contributed by atoms with Gasteiger partial charge in [0.05, 0.1) is 10.3 Å². The van der Waals surface area contributed by atoms with Crippen molar-refractivity contribution in [3.05, 3.63) is 27.7 Å². The highest BCUT2D eigenvalue weighted by Gasteiger charge is 2.04. The maximum absolute atomic E-state index is 8.74. The Morgan fingerprint density at radius 3 is 3.08 bits per heavy atom. The van der Waals surface area contributed by atoms with Gasteiger partial charge >= 0.3 is 0 Å². The quantitative estimate of drug-likeness (QED) is 0.708. The van der Waals surface area contributed by atoms with Gasteiger partial charge in [0, 0.05) is 0 Å². The van der Waals surface area contributed by atoms with Crippen LogP contribution in [0, 0.1) is 11.3 Å². The Hall–Kier alpha value is -0.920. The number of hydrogen-bond acceptors (Lipinski definition) is 3. The number of benzene rings is 1. The molecule has 1 heterocycles. The Morgan fingerprint density at radius 2 is 2.33 bits per heavy atom. The van der Waals surface area contributed by atoms with Crippen molar-refractivity contribution in [2.24, 2.45) is 0 Å². The van der Waals surface area contributed by atoms with Crippen molar-refractivity contribution in [2.45, 2.75) is 0 Å². The Kier molecular flexibility index (Phi) is 1.83. The lowest BCUT2D eigenvalue weighted by molar-refractivity contribution is 1.42. The first-order valence-electron chi connectivity index (χ1n) is 3.26. The van der Waals surface area contributed by atoms with Gasteiger partial charge in [0.2, 0.25) is 0 Å². The van der Waals surface area contributed by atoms with Crippen LogP contribution in [0.25, 0.3) is 10.2 Å². The fraction of sp³-hybridized carbons (Fsp3) is 0. The third-order valence-corrected chi connectivity index (χ3v) is 2.99. The molecule has 0 aliphatic carbocycles. The van der Waals surface area contributed by atoms with Crippen LogP contribution < -0.4 is 0 Å². The van der Waals surface area contributed by atoms with E-state index in [1.165, 1.54) is 11.3 Å². The molecule has 1 aromatic carbocycles. The van der Waals surface area contributed by atoms with Gasteiger partial charge in [-0.2, -0.15) is 5.26 Å². The van der Waals surface area contributed by atoms with Gasteiger partial charge < -0.3 is 0 Å². The average Bonchev–Trinajstić information content (AvgIpc) is 2.44. The minimum absolute atomic E-state index is 0.634. The Morgan fingerprint density at radius 1 is 1.50 bits per heavy atom. The third kappa shape index (κ3) is 1.11. The number of thiazole rings is 1. The topological polar surface area (TPSA) is 36.7 Å². The van der Waals surface area contributed by atoms with E-state index in [-0.39, 0.29) is 0 Å². The SMILES string of the molecule is N#Cc1cccc2sc(Br)nc12. The molecule has 12 heavy (non-hydrogen) atoms. The zero-order valence-corrected chi connectivity index (χ0v) is 8.32. The van der Waals surface area contributed by atoms with Crippen molar-refractivity contribution >= 4 is 37.5 Å². The highest BCUT2D eigenvalue weighted by molar-refractivity contribution is 9.11. The van der Waals surface area contributed by atoms with Gasteiger partial charge in [0.1, 0.15) is 11.6 Å². The van der Waals surface area contributed by atoms with Crippen LogP contribution in [-0.2, 0) is 0 Å². The summed E-state index contributed by atoms with van der Waals surface area (Å²) in [4.78, 5) is 4.20. The lowest BCUT2D eigenvalue weighted by Gasteiger charge is -1.87. The van der Waals surface area contributed by atoms with Gasteiger partial charge in [-0.25, -0.2) is 4.98 Å². The molecule has 0 N–H and O–H groups in total. The fourth-order valence-electron chi connectivity index (χ4n) is 1.01. The van der Waals surface area contributed by atoms with Crippen molar-refractivity contribution in [2.75, 3.05) is 0 Å². The summed E-state index contributed by atoms with van der Waals surface area (Å²) in [5, 5.41) is 8.74. The molecule has 0 aliphatic rings. The molecule has 0 amide bonds. The van der Waals surface area contributed by atoms with E-state index in [2.05, 4.69) is 27.0 Å². The number of nitrogens with zero attached hydrogens (tertiary/aromatic N) is 2. The molecule has 0 fully saturated rings. The summed E-state index contributed by atoms with van der Waals surface area (Å²) < 4.78 is 1.86. The minimum Gasteiger partial charge on any atom is -0.228 e. The minimum atomic E-state index is 0.634. The number of rotatable bonds is 0. The summed E-state index contributed by atoms with van der Waals surface area (Å²) >= 11 is 4.82. The van der Waals surface area contributed by atoms with Crippen molar-refractivity contribution in [3.8, 4) is 6.07 Å². The molecule has 0 bridgehead atoms. The summed E-state index contributed by atoms with van der Waals surface area (Å²) in [6.45, 7) is 0. The van der Waals surface area contributed by atoms with E-state index in [1.54, 1.807) is 6.07 Å².